The Labute approximate surface area is 138 Å². The minimum absolute atomic E-state index is 0.115. The zero-order valence-corrected chi connectivity index (χ0v) is 16.5. The molecule has 124 valence electrons. The first-order valence-corrected chi connectivity index (χ1v) is 11.2. The molecule has 1 heterocycles. The number of carbonyl (C=O) groups excluding carboxylic acids is 1. The monoisotopic (exact) mass is 341 g/mol. The van der Waals surface area contributed by atoms with Crippen LogP contribution in [-0.2, 0) is 15.8 Å². The highest BCUT2D eigenvalue weighted by Gasteiger charge is 2.37. The van der Waals surface area contributed by atoms with Crippen LogP contribution >= 0.6 is 11.3 Å². The zero-order chi connectivity index (χ0) is 17.1. The molecular formula is C16H27NO3SSi. The minimum Gasteiger partial charge on any atom is -0.462 e. The molecule has 0 fully saturated rings. The summed E-state index contributed by atoms with van der Waals surface area (Å²) in [5.41, 5.74) is 1.50. The average molecular weight is 342 g/mol. The number of hydrogen-bond donors (Lipinski definition) is 0. The molecule has 1 aromatic rings. The Balaban J connectivity index is 3.03. The van der Waals surface area contributed by atoms with Gasteiger partial charge in [-0.05, 0) is 37.6 Å². The summed E-state index contributed by atoms with van der Waals surface area (Å²) in [6.45, 7) is 19.2. The molecule has 0 radical (unpaired) electrons. The number of esters is 1. The Morgan fingerprint density at radius 2 is 1.95 bits per heavy atom. The lowest BCUT2D eigenvalue weighted by molar-refractivity contribution is 0.0528. The van der Waals surface area contributed by atoms with Gasteiger partial charge in [0.2, 0.25) is 0 Å². The fraction of sp³-hybridized carbons (Fsp3) is 0.625. The van der Waals surface area contributed by atoms with Gasteiger partial charge >= 0.3 is 5.97 Å². The van der Waals surface area contributed by atoms with E-state index in [2.05, 4.69) is 45.4 Å². The van der Waals surface area contributed by atoms with Gasteiger partial charge in [0.15, 0.2) is 8.32 Å². The Bertz CT molecular complexity index is 558. The van der Waals surface area contributed by atoms with Crippen molar-refractivity contribution in [2.24, 2.45) is 0 Å². The first-order chi connectivity index (χ1) is 9.99. The van der Waals surface area contributed by atoms with Gasteiger partial charge in [-0.25, -0.2) is 9.78 Å². The molecule has 0 unspecified atom stereocenters. The van der Waals surface area contributed by atoms with Crippen LogP contribution < -0.4 is 0 Å². The van der Waals surface area contributed by atoms with Crippen LogP contribution in [0, 0.1) is 0 Å². The second-order valence-corrected chi connectivity index (χ2v) is 12.7. The van der Waals surface area contributed by atoms with E-state index in [0.29, 0.717) is 23.8 Å². The number of rotatable bonds is 6. The molecule has 0 aliphatic rings. The lowest BCUT2D eigenvalue weighted by atomic mass is 10.2. The van der Waals surface area contributed by atoms with Gasteiger partial charge < -0.3 is 9.16 Å². The van der Waals surface area contributed by atoms with Crippen molar-refractivity contribution in [1.82, 2.24) is 4.98 Å². The summed E-state index contributed by atoms with van der Waals surface area (Å²) in [6, 6.07) is 0. The van der Waals surface area contributed by atoms with Crippen molar-refractivity contribution in [3.05, 3.63) is 22.2 Å². The van der Waals surface area contributed by atoms with Gasteiger partial charge in [0.25, 0.3) is 0 Å². The van der Waals surface area contributed by atoms with Crippen LogP contribution in [0.15, 0.2) is 6.58 Å². The zero-order valence-electron chi connectivity index (χ0n) is 14.7. The largest absolute Gasteiger partial charge is 0.462 e. The predicted molar refractivity (Wildman–Crippen MR) is 94.8 cm³/mol. The Kier molecular flexibility index (Phi) is 6.12. The molecule has 6 heteroatoms. The van der Waals surface area contributed by atoms with Gasteiger partial charge in [-0.2, -0.15) is 0 Å². The quantitative estimate of drug-likeness (QED) is 0.547. The van der Waals surface area contributed by atoms with E-state index in [4.69, 9.17) is 9.16 Å². The Hall–Kier alpha value is -0.983. The maximum Gasteiger partial charge on any atom is 0.350 e. The molecule has 0 aliphatic carbocycles. The molecule has 0 amide bonds. The number of thiazole rings is 1. The van der Waals surface area contributed by atoms with Crippen molar-refractivity contribution in [3.63, 3.8) is 0 Å². The summed E-state index contributed by atoms with van der Waals surface area (Å²) in [7, 11) is -1.89. The van der Waals surface area contributed by atoms with E-state index in [0.717, 1.165) is 10.6 Å². The number of hydrogen-bond acceptors (Lipinski definition) is 5. The molecule has 0 atom stereocenters. The molecule has 4 nitrogen and oxygen atoms in total. The number of allylic oxidation sites excluding steroid dienone is 1. The normalized spacial score (nSPS) is 12.3. The van der Waals surface area contributed by atoms with Gasteiger partial charge in [-0.1, -0.05) is 27.4 Å². The highest BCUT2D eigenvalue weighted by molar-refractivity contribution is 7.14. The van der Waals surface area contributed by atoms with Gasteiger partial charge in [0, 0.05) is 0 Å². The molecule has 0 aliphatic heterocycles. The molecule has 0 spiro atoms. The van der Waals surface area contributed by atoms with E-state index >= 15 is 0 Å². The molecule has 1 aromatic heterocycles. The van der Waals surface area contributed by atoms with Crippen LogP contribution in [-0.4, -0.2) is 25.9 Å². The molecule has 0 saturated carbocycles. The molecule has 22 heavy (non-hydrogen) atoms. The summed E-state index contributed by atoms with van der Waals surface area (Å²) < 4.78 is 11.3. The van der Waals surface area contributed by atoms with Gasteiger partial charge in [0.05, 0.1) is 18.9 Å². The van der Waals surface area contributed by atoms with E-state index in [1.54, 1.807) is 6.92 Å². The van der Waals surface area contributed by atoms with Crippen LogP contribution in [0.25, 0.3) is 5.57 Å². The second-order valence-electron chi connectivity index (χ2n) is 6.84. The summed E-state index contributed by atoms with van der Waals surface area (Å²) in [5, 5.41) is 0.876. The van der Waals surface area contributed by atoms with Crippen molar-refractivity contribution >= 4 is 31.2 Å². The number of carbonyl (C=O) groups is 1. The fourth-order valence-corrected chi connectivity index (χ4v) is 3.27. The molecular weight excluding hydrogens is 314 g/mol. The lowest BCUT2D eigenvalue weighted by Gasteiger charge is -2.35. The molecule has 0 bridgehead atoms. The second kappa shape index (κ2) is 7.06. The number of ether oxygens (including phenoxy) is 1. The van der Waals surface area contributed by atoms with E-state index < -0.39 is 8.32 Å². The van der Waals surface area contributed by atoms with Crippen LogP contribution in [0.4, 0.5) is 0 Å². The third-order valence-corrected chi connectivity index (χ3v) is 9.62. The van der Waals surface area contributed by atoms with Gasteiger partial charge in [0.1, 0.15) is 9.88 Å². The van der Waals surface area contributed by atoms with Crippen molar-refractivity contribution in [2.45, 2.75) is 59.4 Å². The summed E-state index contributed by atoms with van der Waals surface area (Å²) in [5.74, 6) is -0.332. The van der Waals surface area contributed by atoms with Crippen molar-refractivity contribution in [3.8, 4) is 0 Å². The first-order valence-electron chi connectivity index (χ1n) is 7.46. The fourth-order valence-electron chi connectivity index (χ4n) is 1.45. The van der Waals surface area contributed by atoms with Crippen molar-refractivity contribution in [1.29, 1.82) is 0 Å². The molecule has 1 rings (SSSR count). The van der Waals surface area contributed by atoms with Crippen molar-refractivity contribution < 1.29 is 14.0 Å². The van der Waals surface area contributed by atoms with E-state index in [-0.39, 0.29) is 11.0 Å². The first kappa shape index (κ1) is 19.1. The summed E-state index contributed by atoms with van der Waals surface area (Å²) in [6.07, 6.45) is 0. The van der Waals surface area contributed by atoms with Crippen molar-refractivity contribution in [2.75, 3.05) is 6.61 Å². The summed E-state index contributed by atoms with van der Waals surface area (Å²) in [4.78, 5) is 17.1. The van der Waals surface area contributed by atoms with Gasteiger partial charge in [-0.15, -0.1) is 11.3 Å². The van der Waals surface area contributed by atoms with Crippen LogP contribution in [0.3, 0.4) is 0 Å². The van der Waals surface area contributed by atoms with Crippen LogP contribution in [0.5, 0.6) is 0 Å². The third-order valence-electron chi connectivity index (χ3n) is 3.90. The minimum atomic E-state index is -1.89. The highest BCUT2D eigenvalue weighted by atomic mass is 32.1. The maximum atomic E-state index is 12.1. The lowest BCUT2D eigenvalue weighted by Crippen LogP contribution is -2.40. The average Bonchev–Trinajstić information content (AvgIpc) is 2.79. The molecule has 0 saturated heterocycles. The smallest absolute Gasteiger partial charge is 0.350 e. The highest BCUT2D eigenvalue weighted by Crippen LogP contribution is 2.37. The number of nitrogens with zero attached hydrogens (tertiary/aromatic N) is 1. The van der Waals surface area contributed by atoms with Gasteiger partial charge in [-0.3, -0.25) is 0 Å². The predicted octanol–water partition coefficient (Wildman–Crippen LogP) is 4.87. The van der Waals surface area contributed by atoms with E-state index in [9.17, 15) is 4.79 Å². The van der Waals surface area contributed by atoms with Crippen LogP contribution in [0.2, 0.25) is 18.1 Å². The maximum absolute atomic E-state index is 12.1. The summed E-state index contributed by atoms with van der Waals surface area (Å²) >= 11 is 1.32. The standard InChI is InChI=1S/C16H27NO3SSi/c1-9-19-15(18)13-12(17-14(21-13)11(2)3)10-20-22(7,8)16(4,5)6/h2,9-10H2,1,3-8H3. The van der Waals surface area contributed by atoms with E-state index in [1.807, 2.05) is 6.92 Å². The Morgan fingerprint density at radius 1 is 1.36 bits per heavy atom. The Morgan fingerprint density at radius 3 is 2.41 bits per heavy atom. The third kappa shape index (κ3) is 4.51. The molecule has 0 N–H and O–H groups in total. The SMILES string of the molecule is C=C(C)c1nc(CO[Si](C)(C)C(C)(C)C)c(C(=O)OCC)s1. The van der Waals surface area contributed by atoms with E-state index in [1.165, 1.54) is 11.3 Å². The van der Waals surface area contributed by atoms with Crippen LogP contribution in [0.1, 0.15) is 55.0 Å². The topological polar surface area (TPSA) is 48.4 Å². The molecule has 0 aromatic carbocycles. The number of aromatic nitrogens is 1.